The Balaban J connectivity index is 1.36. The molecule has 0 bridgehead atoms. The Morgan fingerprint density at radius 2 is 1.81 bits per heavy atom. The van der Waals surface area contributed by atoms with Crippen LogP contribution < -0.4 is 10.6 Å². The largest absolute Gasteiger partial charge is 0.330 e. The van der Waals surface area contributed by atoms with Crippen molar-refractivity contribution in [2.75, 3.05) is 10.6 Å². The molecule has 4 rings (SSSR count). The van der Waals surface area contributed by atoms with Crippen LogP contribution in [-0.2, 0) is 13.1 Å². The first-order valence-corrected chi connectivity index (χ1v) is 11.2. The monoisotopic (exact) mass is 514 g/mol. The van der Waals surface area contributed by atoms with E-state index in [4.69, 9.17) is 23.8 Å². The fourth-order valence-corrected chi connectivity index (χ4v) is 3.84. The molecule has 2 heterocycles. The van der Waals surface area contributed by atoms with Crippen molar-refractivity contribution in [1.29, 1.82) is 0 Å². The topological polar surface area (TPSA) is 59.7 Å². The van der Waals surface area contributed by atoms with E-state index in [1.807, 2.05) is 58.2 Å². The first kappa shape index (κ1) is 21.5. The molecule has 2 aromatic heterocycles. The summed E-state index contributed by atoms with van der Waals surface area (Å²) >= 11 is 14.9. The molecule has 0 radical (unpaired) electrons. The van der Waals surface area contributed by atoms with Crippen molar-refractivity contribution >= 4 is 56.4 Å². The molecule has 0 saturated heterocycles. The van der Waals surface area contributed by atoms with Gasteiger partial charge in [0.1, 0.15) is 0 Å². The number of hydrogen-bond acceptors (Lipinski definition) is 3. The maximum absolute atomic E-state index is 5.95. The molecule has 0 unspecified atom stereocenters. The molecule has 4 aromatic rings. The normalized spacial score (nSPS) is 10.8. The number of thiocarbonyl (C=S) groups is 1. The van der Waals surface area contributed by atoms with Crippen LogP contribution in [0.5, 0.6) is 0 Å². The van der Waals surface area contributed by atoms with Crippen LogP contribution in [0.25, 0.3) is 0 Å². The summed E-state index contributed by atoms with van der Waals surface area (Å²) in [5.41, 5.74) is 4.38. The molecule has 0 aliphatic carbocycles. The molecular formula is C22H20BrClN6S. The third-order valence-electron chi connectivity index (χ3n) is 4.69. The van der Waals surface area contributed by atoms with Gasteiger partial charge in [-0.25, -0.2) is 0 Å². The lowest BCUT2D eigenvalue weighted by molar-refractivity contribution is 0.684. The Kier molecular flexibility index (Phi) is 6.70. The van der Waals surface area contributed by atoms with Gasteiger partial charge in [0.05, 0.1) is 29.4 Å². The van der Waals surface area contributed by atoms with Gasteiger partial charge in [-0.2, -0.15) is 10.2 Å². The van der Waals surface area contributed by atoms with Crippen LogP contribution in [0, 0.1) is 6.92 Å². The number of rotatable bonds is 6. The van der Waals surface area contributed by atoms with Crippen LogP contribution in [0.3, 0.4) is 0 Å². The molecule has 0 aliphatic heterocycles. The minimum Gasteiger partial charge on any atom is -0.330 e. The second kappa shape index (κ2) is 9.64. The average Bonchev–Trinajstić information content (AvgIpc) is 3.31. The predicted molar refractivity (Wildman–Crippen MR) is 133 cm³/mol. The van der Waals surface area contributed by atoms with Gasteiger partial charge in [0.2, 0.25) is 0 Å². The van der Waals surface area contributed by atoms with Gasteiger partial charge in [-0.3, -0.25) is 9.36 Å². The van der Waals surface area contributed by atoms with Crippen LogP contribution >= 0.6 is 39.7 Å². The zero-order chi connectivity index (χ0) is 21.8. The summed E-state index contributed by atoms with van der Waals surface area (Å²) in [6, 6.07) is 16.0. The molecule has 0 amide bonds. The maximum atomic E-state index is 5.95. The molecule has 0 saturated carbocycles. The molecule has 9 heteroatoms. The summed E-state index contributed by atoms with van der Waals surface area (Å²) in [7, 11) is 0. The van der Waals surface area contributed by atoms with Gasteiger partial charge in [-0.05, 0) is 63.9 Å². The smallest absolute Gasteiger partial charge is 0.176 e. The van der Waals surface area contributed by atoms with Gasteiger partial charge in [-0.1, -0.05) is 48.0 Å². The number of halogens is 2. The fourth-order valence-electron chi connectivity index (χ4n) is 3.09. The van der Waals surface area contributed by atoms with Crippen molar-refractivity contribution in [3.8, 4) is 0 Å². The lowest BCUT2D eigenvalue weighted by Gasteiger charge is -2.07. The summed E-state index contributed by atoms with van der Waals surface area (Å²) in [6.07, 6.45) is 5.58. The first-order chi connectivity index (χ1) is 15.0. The molecule has 31 heavy (non-hydrogen) atoms. The number of anilines is 2. The zero-order valence-electron chi connectivity index (χ0n) is 16.7. The number of aryl methyl sites for hydroxylation is 1. The van der Waals surface area contributed by atoms with Crippen LogP contribution in [0.4, 0.5) is 11.5 Å². The highest BCUT2D eigenvalue weighted by Crippen LogP contribution is 2.21. The van der Waals surface area contributed by atoms with Crippen molar-refractivity contribution in [3.63, 3.8) is 0 Å². The molecule has 2 N–H and O–H groups in total. The molecule has 6 nitrogen and oxygen atoms in total. The minimum absolute atomic E-state index is 0.438. The summed E-state index contributed by atoms with van der Waals surface area (Å²) in [5.74, 6) is 0.638. The standard InChI is InChI=1S/C22H20BrClN6S/c1-15-4-2-3-5-17(15)12-29-13-19(10-25-29)26-22(31)27-21-20(23)14-30(28-21)11-16-6-8-18(24)9-7-16/h2-10,13-14H,11-12H2,1H3,(H2,26,27,28,31). The van der Waals surface area contributed by atoms with E-state index < -0.39 is 0 Å². The van der Waals surface area contributed by atoms with Gasteiger partial charge in [0.15, 0.2) is 10.9 Å². The number of aromatic nitrogens is 4. The molecule has 2 aromatic carbocycles. The van der Waals surface area contributed by atoms with Crippen molar-refractivity contribution < 1.29 is 0 Å². The molecule has 0 atom stereocenters. The second-order valence-corrected chi connectivity index (χ2v) is 8.78. The van der Waals surface area contributed by atoms with Crippen LogP contribution in [0.2, 0.25) is 5.02 Å². The van der Waals surface area contributed by atoms with Crippen LogP contribution in [0.1, 0.15) is 16.7 Å². The van der Waals surface area contributed by atoms with Gasteiger partial charge >= 0.3 is 0 Å². The fraction of sp³-hybridized carbons (Fsp3) is 0.136. The SMILES string of the molecule is Cc1ccccc1Cn1cc(NC(=S)Nc2nn(Cc3ccc(Cl)cc3)cc2Br)cn1. The van der Waals surface area contributed by atoms with E-state index in [0.717, 1.165) is 15.7 Å². The van der Waals surface area contributed by atoms with Crippen molar-refractivity contribution in [1.82, 2.24) is 19.6 Å². The lowest BCUT2D eigenvalue weighted by Crippen LogP contribution is -2.19. The summed E-state index contributed by atoms with van der Waals surface area (Å²) in [6.45, 7) is 3.43. The Bertz CT molecular complexity index is 1200. The zero-order valence-corrected chi connectivity index (χ0v) is 19.9. The third kappa shape index (κ3) is 5.72. The van der Waals surface area contributed by atoms with Crippen molar-refractivity contribution in [3.05, 3.63) is 93.3 Å². The predicted octanol–water partition coefficient (Wildman–Crippen LogP) is 5.71. The van der Waals surface area contributed by atoms with E-state index in [0.29, 0.717) is 29.0 Å². The molecule has 158 valence electrons. The molecule has 0 aliphatic rings. The summed E-state index contributed by atoms with van der Waals surface area (Å²) in [5, 5.41) is 16.4. The highest BCUT2D eigenvalue weighted by molar-refractivity contribution is 9.10. The molecular weight excluding hydrogens is 496 g/mol. The molecule has 0 spiro atoms. The van der Waals surface area contributed by atoms with E-state index >= 15 is 0 Å². The Morgan fingerprint density at radius 1 is 1.03 bits per heavy atom. The first-order valence-electron chi connectivity index (χ1n) is 9.58. The second-order valence-electron chi connectivity index (χ2n) is 7.08. The van der Waals surface area contributed by atoms with E-state index in [2.05, 4.69) is 55.8 Å². The van der Waals surface area contributed by atoms with E-state index in [1.165, 1.54) is 11.1 Å². The average molecular weight is 516 g/mol. The quantitative estimate of drug-likeness (QED) is 0.322. The van der Waals surface area contributed by atoms with Gasteiger partial charge in [0, 0.05) is 17.4 Å². The number of benzene rings is 2. The van der Waals surface area contributed by atoms with Crippen LogP contribution in [-0.4, -0.2) is 24.7 Å². The summed E-state index contributed by atoms with van der Waals surface area (Å²) < 4.78 is 4.53. The third-order valence-corrected chi connectivity index (χ3v) is 5.73. The number of nitrogens with zero attached hydrogens (tertiary/aromatic N) is 4. The highest BCUT2D eigenvalue weighted by atomic mass is 79.9. The van der Waals surface area contributed by atoms with Gasteiger partial charge < -0.3 is 10.6 Å². The maximum Gasteiger partial charge on any atom is 0.176 e. The molecule has 0 fully saturated rings. The van der Waals surface area contributed by atoms with Crippen LogP contribution in [0.15, 0.2) is 71.6 Å². The Labute approximate surface area is 199 Å². The lowest BCUT2D eigenvalue weighted by atomic mass is 10.1. The Morgan fingerprint density at radius 3 is 2.58 bits per heavy atom. The number of nitrogens with one attached hydrogen (secondary N) is 2. The Hall–Kier alpha value is -2.68. The highest BCUT2D eigenvalue weighted by Gasteiger charge is 2.10. The van der Waals surface area contributed by atoms with Gasteiger partial charge in [-0.15, -0.1) is 0 Å². The number of hydrogen-bond donors (Lipinski definition) is 2. The van der Waals surface area contributed by atoms with E-state index in [1.54, 1.807) is 6.20 Å². The van der Waals surface area contributed by atoms with E-state index in [-0.39, 0.29) is 0 Å². The van der Waals surface area contributed by atoms with E-state index in [9.17, 15) is 0 Å². The van der Waals surface area contributed by atoms with Gasteiger partial charge in [0.25, 0.3) is 0 Å². The van der Waals surface area contributed by atoms with Crippen molar-refractivity contribution in [2.24, 2.45) is 0 Å². The van der Waals surface area contributed by atoms with Crippen molar-refractivity contribution in [2.45, 2.75) is 20.0 Å². The summed E-state index contributed by atoms with van der Waals surface area (Å²) in [4.78, 5) is 0. The minimum atomic E-state index is 0.438.